The first-order chi connectivity index (χ1) is 9.15. The Balaban J connectivity index is 2.09. The van der Waals surface area contributed by atoms with Gasteiger partial charge in [0.25, 0.3) is 0 Å². The second-order valence-corrected chi connectivity index (χ2v) is 5.27. The summed E-state index contributed by atoms with van der Waals surface area (Å²) in [7, 11) is 0. The summed E-state index contributed by atoms with van der Waals surface area (Å²) in [6, 6.07) is 6.08. The second-order valence-electron chi connectivity index (χ2n) is 5.27. The summed E-state index contributed by atoms with van der Waals surface area (Å²) in [6.07, 6.45) is 4.95. The molecule has 4 N–H and O–H groups in total. The molecule has 1 fully saturated rings. The molecule has 5 heteroatoms. The Kier molecular flexibility index (Phi) is 2.89. The van der Waals surface area contributed by atoms with Crippen molar-refractivity contribution in [1.29, 1.82) is 0 Å². The van der Waals surface area contributed by atoms with Gasteiger partial charge in [-0.3, -0.25) is 0 Å². The summed E-state index contributed by atoms with van der Waals surface area (Å²) in [5, 5.41) is 8.54. The molecule has 0 saturated heterocycles. The first-order valence-electron chi connectivity index (χ1n) is 6.73. The van der Waals surface area contributed by atoms with Gasteiger partial charge in [-0.1, -0.05) is 12.8 Å². The summed E-state index contributed by atoms with van der Waals surface area (Å²) in [4.78, 5) is 0. The monoisotopic (exact) mass is 257 g/mol. The van der Waals surface area contributed by atoms with Crippen molar-refractivity contribution >= 4 is 11.4 Å². The Hall–Kier alpha value is -2.04. The number of benzene rings is 1. The van der Waals surface area contributed by atoms with Crippen LogP contribution in [-0.2, 0) is 0 Å². The molecule has 0 radical (unpaired) electrons. The molecule has 1 aliphatic rings. The van der Waals surface area contributed by atoms with E-state index in [9.17, 15) is 0 Å². The highest BCUT2D eigenvalue weighted by atomic mass is 15.3. The quantitative estimate of drug-likeness (QED) is 0.810. The van der Waals surface area contributed by atoms with E-state index < -0.39 is 0 Å². The lowest BCUT2D eigenvalue weighted by atomic mass is 10.1. The Morgan fingerprint density at radius 2 is 1.68 bits per heavy atom. The highest BCUT2D eigenvalue weighted by Gasteiger charge is 2.23. The molecule has 2 aromatic rings. The SMILES string of the molecule is Cc1nnc(-c2cc(N)cc(N)c2)n1C1CCCC1. The molecule has 0 bridgehead atoms. The minimum Gasteiger partial charge on any atom is -0.399 e. The molecule has 19 heavy (non-hydrogen) atoms. The minimum atomic E-state index is 0.507. The van der Waals surface area contributed by atoms with E-state index in [2.05, 4.69) is 14.8 Å². The van der Waals surface area contributed by atoms with Gasteiger partial charge in [-0.05, 0) is 38.0 Å². The summed E-state index contributed by atoms with van der Waals surface area (Å²) < 4.78 is 2.24. The van der Waals surface area contributed by atoms with Crippen LogP contribution in [0.25, 0.3) is 11.4 Å². The van der Waals surface area contributed by atoms with Crippen molar-refractivity contribution in [2.45, 2.75) is 38.6 Å². The second kappa shape index (κ2) is 4.57. The molecule has 0 aliphatic heterocycles. The molecule has 1 aliphatic carbocycles. The van der Waals surface area contributed by atoms with E-state index in [-0.39, 0.29) is 0 Å². The first kappa shape index (κ1) is 12.0. The predicted molar refractivity (Wildman–Crippen MR) is 76.5 cm³/mol. The van der Waals surface area contributed by atoms with Crippen LogP contribution in [0, 0.1) is 6.92 Å². The van der Waals surface area contributed by atoms with Crippen molar-refractivity contribution in [3.8, 4) is 11.4 Å². The largest absolute Gasteiger partial charge is 0.399 e. The number of rotatable bonds is 2. The molecular weight excluding hydrogens is 238 g/mol. The normalized spacial score (nSPS) is 16.1. The topological polar surface area (TPSA) is 82.8 Å². The molecule has 0 spiro atoms. The lowest BCUT2D eigenvalue weighted by Gasteiger charge is -2.16. The van der Waals surface area contributed by atoms with E-state index in [1.807, 2.05) is 19.1 Å². The number of nitrogen functional groups attached to an aromatic ring is 2. The van der Waals surface area contributed by atoms with Crippen molar-refractivity contribution in [2.75, 3.05) is 11.5 Å². The van der Waals surface area contributed by atoms with Crippen molar-refractivity contribution in [2.24, 2.45) is 0 Å². The molecule has 1 aromatic heterocycles. The fourth-order valence-electron chi connectivity index (χ4n) is 2.97. The van der Waals surface area contributed by atoms with E-state index >= 15 is 0 Å². The summed E-state index contributed by atoms with van der Waals surface area (Å²) >= 11 is 0. The van der Waals surface area contributed by atoms with E-state index in [1.54, 1.807) is 6.07 Å². The highest BCUT2D eigenvalue weighted by molar-refractivity contribution is 5.68. The minimum absolute atomic E-state index is 0.507. The molecule has 0 atom stereocenters. The van der Waals surface area contributed by atoms with Crippen molar-refractivity contribution in [3.05, 3.63) is 24.0 Å². The fourth-order valence-corrected chi connectivity index (χ4v) is 2.97. The lowest BCUT2D eigenvalue weighted by Crippen LogP contribution is -2.09. The van der Waals surface area contributed by atoms with Gasteiger partial charge in [-0.15, -0.1) is 10.2 Å². The summed E-state index contributed by atoms with van der Waals surface area (Å²) in [5.41, 5.74) is 14.0. The Bertz CT molecular complexity index is 576. The smallest absolute Gasteiger partial charge is 0.164 e. The average molecular weight is 257 g/mol. The third-order valence-corrected chi connectivity index (χ3v) is 3.79. The molecule has 0 amide bonds. The van der Waals surface area contributed by atoms with Crippen LogP contribution in [0.3, 0.4) is 0 Å². The molecule has 1 aromatic carbocycles. The lowest BCUT2D eigenvalue weighted by molar-refractivity contribution is 0.510. The zero-order valence-electron chi connectivity index (χ0n) is 11.1. The van der Waals surface area contributed by atoms with Crippen LogP contribution in [0.1, 0.15) is 37.5 Å². The molecular formula is C14H19N5. The van der Waals surface area contributed by atoms with Gasteiger partial charge in [-0.25, -0.2) is 0 Å². The number of nitrogens with zero attached hydrogens (tertiary/aromatic N) is 3. The van der Waals surface area contributed by atoms with E-state index in [4.69, 9.17) is 11.5 Å². The van der Waals surface area contributed by atoms with Gasteiger partial charge in [0.05, 0.1) is 0 Å². The maximum absolute atomic E-state index is 5.87. The number of anilines is 2. The Labute approximate surface area is 112 Å². The van der Waals surface area contributed by atoms with Crippen molar-refractivity contribution in [1.82, 2.24) is 14.8 Å². The Morgan fingerprint density at radius 1 is 1.05 bits per heavy atom. The molecule has 0 unspecified atom stereocenters. The zero-order chi connectivity index (χ0) is 13.4. The van der Waals surface area contributed by atoms with Crippen LogP contribution in [0.15, 0.2) is 18.2 Å². The van der Waals surface area contributed by atoms with Gasteiger partial charge >= 0.3 is 0 Å². The van der Waals surface area contributed by atoms with Gasteiger partial charge in [0.15, 0.2) is 5.82 Å². The number of aromatic nitrogens is 3. The third-order valence-electron chi connectivity index (χ3n) is 3.79. The van der Waals surface area contributed by atoms with Gasteiger partial charge in [0.1, 0.15) is 5.82 Å². The van der Waals surface area contributed by atoms with Crippen LogP contribution >= 0.6 is 0 Å². The number of hydrogen-bond acceptors (Lipinski definition) is 4. The van der Waals surface area contributed by atoms with Gasteiger partial charge < -0.3 is 16.0 Å². The van der Waals surface area contributed by atoms with Crippen LogP contribution in [0.2, 0.25) is 0 Å². The van der Waals surface area contributed by atoms with Gasteiger partial charge in [0, 0.05) is 23.0 Å². The Morgan fingerprint density at radius 3 is 2.32 bits per heavy atom. The van der Waals surface area contributed by atoms with Crippen LogP contribution < -0.4 is 11.5 Å². The molecule has 1 heterocycles. The van der Waals surface area contributed by atoms with E-state index in [0.29, 0.717) is 17.4 Å². The van der Waals surface area contributed by atoms with Crippen molar-refractivity contribution < 1.29 is 0 Å². The van der Waals surface area contributed by atoms with Crippen LogP contribution in [-0.4, -0.2) is 14.8 Å². The van der Waals surface area contributed by atoms with Crippen molar-refractivity contribution in [3.63, 3.8) is 0 Å². The summed E-state index contributed by atoms with van der Waals surface area (Å²) in [5.74, 6) is 1.84. The average Bonchev–Trinajstić information content (AvgIpc) is 2.96. The number of aryl methyl sites for hydroxylation is 1. The summed E-state index contributed by atoms with van der Waals surface area (Å²) in [6.45, 7) is 2.00. The van der Waals surface area contributed by atoms with Crippen LogP contribution in [0.5, 0.6) is 0 Å². The molecule has 1 saturated carbocycles. The predicted octanol–water partition coefficient (Wildman–Crippen LogP) is 2.53. The first-order valence-corrected chi connectivity index (χ1v) is 6.73. The third kappa shape index (κ3) is 2.16. The van der Waals surface area contributed by atoms with E-state index in [1.165, 1.54) is 25.7 Å². The maximum Gasteiger partial charge on any atom is 0.164 e. The fraction of sp³-hybridized carbons (Fsp3) is 0.429. The standard InChI is InChI=1S/C14H19N5/c1-9-17-18-14(19(9)13-4-2-3-5-13)10-6-11(15)8-12(16)7-10/h6-8,13H,2-5,15-16H2,1H3. The highest BCUT2D eigenvalue weighted by Crippen LogP contribution is 2.34. The van der Waals surface area contributed by atoms with Gasteiger partial charge in [0.2, 0.25) is 0 Å². The maximum atomic E-state index is 5.87. The number of hydrogen-bond donors (Lipinski definition) is 2. The molecule has 3 rings (SSSR count). The van der Waals surface area contributed by atoms with Crippen LogP contribution in [0.4, 0.5) is 11.4 Å². The molecule has 5 nitrogen and oxygen atoms in total. The zero-order valence-corrected chi connectivity index (χ0v) is 11.1. The van der Waals surface area contributed by atoms with Gasteiger partial charge in [-0.2, -0.15) is 0 Å². The number of nitrogens with two attached hydrogens (primary N) is 2. The van der Waals surface area contributed by atoms with E-state index in [0.717, 1.165) is 17.2 Å². The molecule has 100 valence electrons.